The molecule has 2 unspecified atom stereocenters. The van der Waals surface area contributed by atoms with Crippen LogP contribution in [0, 0.1) is 17.2 Å². The SMILES string of the molecule is N#Cc1ccc(S(=O)(=O)N2CC3CCCNC3C2)cc1. The largest absolute Gasteiger partial charge is 0.312 e. The molecule has 1 aromatic rings. The second-order valence-electron chi connectivity index (χ2n) is 5.42. The van der Waals surface area contributed by atoms with Gasteiger partial charge in [-0.25, -0.2) is 8.42 Å². The first-order chi connectivity index (χ1) is 9.61. The molecule has 0 aliphatic carbocycles. The molecule has 6 heteroatoms. The predicted molar refractivity (Wildman–Crippen MR) is 74.4 cm³/mol. The van der Waals surface area contributed by atoms with E-state index in [1.807, 2.05) is 6.07 Å². The summed E-state index contributed by atoms with van der Waals surface area (Å²) in [6, 6.07) is 8.42. The fourth-order valence-electron chi connectivity index (χ4n) is 3.05. The van der Waals surface area contributed by atoms with Gasteiger partial charge in [0.1, 0.15) is 0 Å². The zero-order valence-corrected chi connectivity index (χ0v) is 11.9. The molecule has 0 radical (unpaired) electrons. The molecular formula is C14H17N3O2S. The third kappa shape index (κ3) is 2.33. The quantitative estimate of drug-likeness (QED) is 0.880. The second kappa shape index (κ2) is 5.17. The maximum atomic E-state index is 12.6. The van der Waals surface area contributed by atoms with Crippen LogP contribution in [0.1, 0.15) is 18.4 Å². The van der Waals surface area contributed by atoms with E-state index in [1.165, 1.54) is 12.1 Å². The Morgan fingerprint density at radius 3 is 2.65 bits per heavy atom. The number of hydrogen-bond acceptors (Lipinski definition) is 4. The summed E-state index contributed by atoms with van der Waals surface area (Å²) in [7, 11) is -3.44. The van der Waals surface area contributed by atoms with E-state index >= 15 is 0 Å². The van der Waals surface area contributed by atoms with Crippen LogP contribution in [0.5, 0.6) is 0 Å². The van der Waals surface area contributed by atoms with Gasteiger partial charge in [0.2, 0.25) is 10.0 Å². The Labute approximate surface area is 119 Å². The fraction of sp³-hybridized carbons (Fsp3) is 0.500. The maximum Gasteiger partial charge on any atom is 0.243 e. The average Bonchev–Trinajstić information content (AvgIpc) is 2.92. The number of hydrogen-bond donors (Lipinski definition) is 1. The van der Waals surface area contributed by atoms with E-state index in [0.29, 0.717) is 24.6 Å². The molecule has 1 aromatic carbocycles. The van der Waals surface area contributed by atoms with E-state index in [9.17, 15) is 8.42 Å². The lowest BCUT2D eigenvalue weighted by Gasteiger charge is -2.24. The van der Waals surface area contributed by atoms with E-state index in [0.717, 1.165) is 19.4 Å². The number of nitriles is 1. The highest BCUT2D eigenvalue weighted by Crippen LogP contribution is 2.29. The molecule has 2 heterocycles. The summed E-state index contributed by atoms with van der Waals surface area (Å²) < 4.78 is 26.8. The van der Waals surface area contributed by atoms with Crippen molar-refractivity contribution in [3.8, 4) is 6.07 Å². The lowest BCUT2D eigenvalue weighted by molar-refractivity contribution is 0.339. The van der Waals surface area contributed by atoms with Gasteiger partial charge in [0.05, 0.1) is 16.5 Å². The summed E-state index contributed by atoms with van der Waals surface area (Å²) in [5, 5.41) is 12.2. The van der Waals surface area contributed by atoms with Crippen LogP contribution in [0.15, 0.2) is 29.2 Å². The molecule has 5 nitrogen and oxygen atoms in total. The van der Waals surface area contributed by atoms with Crippen molar-refractivity contribution in [2.75, 3.05) is 19.6 Å². The monoisotopic (exact) mass is 291 g/mol. The van der Waals surface area contributed by atoms with Crippen molar-refractivity contribution in [1.82, 2.24) is 9.62 Å². The van der Waals surface area contributed by atoms with Crippen LogP contribution in [0.3, 0.4) is 0 Å². The molecule has 0 aromatic heterocycles. The highest BCUT2D eigenvalue weighted by atomic mass is 32.2. The number of rotatable bonds is 2. The molecule has 2 saturated heterocycles. The maximum absolute atomic E-state index is 12.6. The minimum atomic E-state index is -3.44. The lowest BCUT2D eigenvalue weighted by atomic mass is 9.94. The summed E-state index contributed by atoms with van der Waals surface area (Å²) in [5.41, 5.74) is 0.473. The van der Waals surface area contributed by atoms with E-state index < -0.39 is 10.0 Å². The molecule has 3 rings (SSSR count). The first-order valence-corrected chi connectivity index (χ1v) is 8.29. The molecule has 0 saturated carbocycles. The minimum Gasteiger partial charge on any atom is -0.312 e. The van der Waals surface area contributed by atoms with Crippen LogP contribution in [-0.2, 0) is 10.0 Å². The Balaban J connectivity index is 1.83. The Morgan fingerprint density at radius 1 is 1.25 bits per heavy atom. The Kier molecular flexibility index (Phi) is 3.50. The van der Waals surface area contributed by atoms with Gasteiger partial charge in [-0.3, -0.25) is 0 Å². The van der Waals surface area contributed by atoms with Crippen molar-refractivity contribution in [3.05, 3.63) is 29.8 Å². The van der Waals surface area contributed by atoms with Gasteiger partial charge in [0.15, 0.2) is 0 Å². The summed E-state index contributed by atoms with van der Waals surface area (Å²) in [4.78, 5) is 0.273. The van der Waals surface area contributed by atoms with Crippen LogP contribution in [0.4, 0.5) is 0 Å². The van der Waals surface area contributed by atoms with Gasteiger partial charge in [0.25, 0.3) is 0 Å². The fourth-order valence-corrected chi connectivity index (χ4v) is 4.58. The van der Waals surface area contributed by atoms with E-state index in [-0.39, 0.29) is 10.9 Å². The van der Waals surface area contributed by atoms with E-state index in [4.69, 9.17) is 5.26 Å². The smallest absolute Gasteiger partial charge is 0.243 e. The zero-order chi connectivity index (χ0) is 14.2. The summed E-state index contributed by atoms with van der Waals surface area (Å²) in [5.74, 6) is 0.428. The van der Waals surface area contributed by atoms with Crippen LogP contribution in [-0.4, -0.2) is 38.4 Å². The first kappa shape index (κ1) is 13.6. The number of sulfonamides is 1. The lowest BCUT2D eigenvalue weighted by Crippen LogP contribution is -2.41. The van der Waals surface area contributed by atoms with Crippen molar-refractivity contribution < 1.29 is 8.42 Å². The average molecular weight is 291 g/mol. The first-order valence-electron chi connectivity index (χ1n) is 6.85. The van der Waals surface area contributed by atoms with Crippen molar-refractivity contribution in [2.45, 2.75) is 23.8 Å². The number of piperidine rings is 1. The van der Waals surface area contributed by atoms with Crippen molar-refractivity contribution in [1.29, 1.82) is 5.26 Å². The zero-order valence-electron chi connectivity index (χ0n) is 11.1. The summed E-state index contributed by atoms with van der Waals surface area (Å²) in [6.45, 7) is 2.12. The van der Waals surface area contributed by atoms with Gasteiger partial charge in [-0.1, -0.05) is 0 Å². The van der Waals surface area contributed by atoms with Gasteiger partial charge in [-0.2, -0.15) is 9.57 Å². The molecule has 2 fully saturated rings. The van der Waals surface area contributed by atoms with Gasteiger partial charge >= 0.3 is 0 Å². The second-order valence-corrected chi connectivity index (χ2v) is 7.36. The van der Waals surface area contributed by atoms with E-state index in [1.54, 1.807) is 16.4 Å². The molecular weight excluding hydrogens is 274 g/mol. The van der Waals surface area contributed by atoms with Gasteiger partial charge in [0, 0.05) is 19.1 Å². The molecule has 106 valence electrons. The van der Waals surface area contributed by atoms with Gasteiger partial charge in [-0.15, -0.1) is 0 Å². The Hall–Kier alpha value is -1.42. The third-order valence-corrected chi connectivity index (χ3v) is 6.03. The van der Waals surface area contributed by atoms with E-state index in [2.05, 4.69) is 5.32 Å². The number of benzene rings is 1. The molecule has 0 amide bonds. The molecule has 20 heavy (non-hydrogen) atoms. The molecule has 0 bridgehead atoms. The number of fused-ring (bicyclic) bond motifs is 1. The Morgan fingerprint density at radius 2 is 2.00 bits per heavy atom. The Bertz CT molecular complexity index is 619. The van der Waals surface area contributed by atoms with Crippen molar-refractivity contribution >= 4 is 10.0 Å². The number of nitrogens with zero attached hydrogens (tertiary/aromatic N) is 2. The minimum absolute atomic E-state index is 0.273. The highest BCUT2D eigenvalue weighted by molar-refractivity contribution is 7.89. The topological polar surface area (TPSA) is 73.2 Å². The highest BCUT2D eigenvalue weighted by Gasteiger charge is 2.40. The molecule has 1 N–H and O–H groups in total. The van der Waals surface area contributed by atoms with Gasteiger partial charge < -0.3 is 5.32 Å². The standard InChI is InChI=1S/C14H17N3O2S/c15-8-11-3-5-13(6-4-11)20(18,19)17-9-12-2-1-7-16-14(12)10-17/h3-6,12,14,16H,1-2,7,9-10H2. The predicted octanol–water partition coefficient (Wildman–Crippen LogP) is 0.931. The molecule has 0 spiro atoms. The number of nitrogens with one attached hydrogen (secondary N) is 1. The van der Waals surface area contributed by atoms with Crippen LogP contribution >= 0.6 is 0 Å². The summed E-state index contributed by atoms with van der Waals surface area (Å²) in [6.07, 6.45) is 2.21. The van der Waals surface area contributed by atoms with Crippen LogP contribution in [0.2, 0.25) is 0 Å². The normalized spacial score (nSPS) is 26.9. The molecule has 2 aliphatic rings. The van der Waals surface area contributed by atoms with Crippen molar-refractivity contribution in [2.24, 2.45) is 5.92 Å². The molecule has 2 atom stereocenters. The molecule has 2 aliphatic heterocycles. The van der Waals surface area contributed by atoms with Gasteiger partial charge in [-0.05, 0) is 49.6 Å². The van der Waals surface area contributed by atoms with Crippen LogP contribution in [0.25, 0.3) is 0 Å². The third-order valence-electron chi connectivity index (χ3n) is 4.19. The van der Waals surface area contributed by atoms with Crippen molar-refractivity contribution in [3.63, 3.8) is 0 Å². The van der Waals surface area contributed by atoms with Crippen LogP contribution < -0.4 is 5.32 Å². The summed E-state index contributed by atoms with van der Waals surface area (Å²) >= 11 is 0.